The Bertz CT molecular complexity index is 1040. The fraction of sp³-hybridized carbons (Fsp3) is 0.167. The maximum atomic E-state index is 11.4. The van der Waals surface area contributed by atoms with E-state index in [2.05, 4.69) is 0 Å². The van der Waals surface area contributed by atoms with Crippen molar-refractivity contribution in [3.8, 4) is 23.0 Å². The van der Waals surface area contributed by atoms with Gasteiger partial charge in [-0.2, -0.15) is 0 Å². The van der Waals surface area contributed by atoms with Gasteiger partial charge in [0.05, 0.1) is 11.5 Å². The third-order valence-corrected chi connectivity index (χ3v) is 4.29. The van der Waals surface area contributed by atoms with Crippen LogP contribution < -0.4 is 10.4 Å². The van der Waals surface area contributed by atoms with Gasteiger partial charge in [0.15, 0.2) is 11.5 Å². The standard InChI is InChI=1S/C18H14O7/c19-11-3-1-8(5-13(11)21)17-14(22)6-10-12(20)7-15-9(18(10)25-17)2-4-16(23)24-15/h1-5,7,14,17,19-22H,6H2/t14-,17-/m1/s1. The summed E-state index contributed by atoms with van der Waals surface area (Å²) >= 11 is 0. The van der Waals surface area contributed by atoms with Crippen molar-refractivity contribution in [2.24, 2.45) is 0 Å². The molecule has 1 aliphatic rings. The normalized spacial score (nSPS) is 19.4. The maximum Gasteiger partial charge on any atom is 0.336 e. The summed E-state index contributed by atoms with van der Waals surface area (Å²) in [5.41, 5.74) is 0.491. The van der Waals surface area contributed by atoms with E-state index in [0.29, 0.717) is 22.3 Å². The third kappa shape index (κ3) is 2.45. The van der Waals surface area contributed by atoms with Crippen LogP contribution in [0.3, 0.4) is 0 Å². The van der Waals surface area contributed by atoms with Crippen LogP contribution in [-0.4, -0.2) is 26.5 Å². The largest absolute Gasteiger partial charge is 0.507 e. The van der Waals surface area contributed by atoms with Crippen LogP contribution in [0.5, 0.6) is 23.0 Å². The van der Waals surface area contributed by atoms with Crippen LogP contribution in [0.15, 0.2) is 45.6 Å². The van der Waals surface area contributed by atoms with Crippen LogP contribution in [0.4, 0.5) is 0 Å². The second kappa shape index (κ2) is 5.42. The Balaban J connectivity index is 1.86. The van der Waals surface area contributed by atoms with Crippen molar-refractivity contribution in [1.29, 1.82) is 0 Å². The van der Waals surface area contributed by atoms with Crippen LogP contribution in [-0.2, 0) is 6.42 Å². The SMILES string of the molecule is O=c1ccc2c3c(c(O)cc2o1)C[C@@H](O)[C@@H](c1ccc(O)c(O)c1)O3. The van der Waals surface area contributed by atoms with Gasteiger partial charge < -0.3 is 29.6 Å². The van der Waals surface area contributed by atoms with Crippen molar-refractivity contribution in [3.05, 3.63) is 57.9 Å². The monoisotopic (exact) mass is 342 g/mol. The summed E-state index contributed by atoms with van der Waals surface area (Å²) in [5.74, 6) is -0.435. The Morgan fingerprint density at radius 3 is 2.52 bits per heavy atom. The highest BCUT2D eigenvalue weighted by molar-refractivity contribution is 5.87. The molecule has 4 N–H and O–H groups in total. The van der Waals surface area contributed by atoms with E-state index in [1.165, 1.54) is 36.4 Å². The smallest absolute Gasteiger partial charge is 0.336 e. The van der Waals surface area contributed by atoms with Crippen LogP contribution in [0.2, 0.25) is 0 Å². The molecule has 1 aromatic heterocycles. The average molecular weight is 342 g/mol. The van der Waals surface area contributed by atoms with Crippen molar-refractivity contribution >= 4 is 11.0 Å². The summed E-state index contributed by atoms with van der Waals surface area (Å²) in [7, 11) is 0. The fourth-order valence-corrected chi connectivity index (χ4v) is 3.08. The average Bonchev–Trinajstić information content (AvgIpc) is 2.57. The number of phenols is 3. The van der Waals surface area contributed by atoms with E-state index in [-0.39, 0.29) is 29.3 Å². The summed E-state index contributed by atoms with van der Waals surface area (Å²) in [4.78, 5) is 11.4. The summed E-state index contributed by atoms with van der Waals surface area (Å²) in [6.07, 6.45) is -1.69. The molecule has 2 aromatic carbocycles. The molecule has 2 heterocycles. The van der Waals surface area contributed by atoms with Gasteiger partial charge in [-0.15, -0.1) is 0 Å². The first-order chi connectivity index (χ1) is 11.9. The second-order valence-corrected chi connectivity index (χ2v) is 5.93. The lowest BCUT2D eigenvalue weighted by molar-refractivity contribution is 0.0210. The molecule has 0 saturated carbocycles. The van der Waals surface area contributed by atoms with Gasteiger partial charge >= 0.3 is 5.63 Å². The maximum absolute atomic E-state index is 11.4. The molecule has 0 radical (unpaired) electrons. The van der Waals surface area contributed by atoms with E-state index in [9.17, 15) is 25.2 Å². The first-order valence-corrected chi connectivity index (χ1v) is 7.59. The van der Waals surface area contributed by atoms with Crippen molar-refractivity contribution < 1.29 is 29.6 Å². The van der Waals surface area contributed by atoms with Crippen molar-refractivity contribution in [2.45, 2.75) is 18.6 Å². The molecular weight excluding hydrogens is 328 g/mol. The Labute approximate surface area is 141 Å². The quantitative estimate of drug-likeness (QED) is 0.394. The van der Waals surface area contributed by atoms with Gasteiger partial charge in [-0.1, -0.05) is 6.07 Å². The molecule has 0 aliphatic carbocycles. The molecule has 128 valence electrons. The first-order valence-electron chi connectivity index (χ1n) is 7.59. The molecule has 0 bridgehead atoms. The minimum absolute atomic E-state index is 0.114. The zero-order valence-electron chi connectivity index (χ0n) is 12.8. The zero-order valence-corrected chi connectivity index (χ0v) is 12.8. The highest BCUT2D eigenvalue weighted by Gasteiger charge is 2.33. The van der Waals surface area contributed by atoms with E-state index in [0.717, 1.165) is 0 Å². The minimum atomic E-state index is -0.976. The number of hydrogen-bond donors (Lipinski definition) is 4. The van der Waals surface area contributed by atoms with Gasteiger partial charge in [-0.3, -0.25) is 0 Å². The van der Waals surface area contributed by atoms with E-state index in [1.807, 2.05) is 0 Å². The van der Waals surface area contributed by atoms with Gasteiger partial charge in [0.25, 0.3) is 0 Å². The zero-order chi connectivity index (χ0) is 17.7. The number of hydrogen-bond acceptors (Lipinski definition) is 7. The van der Waals surface area contributed by atoms with Crippen LogP contribution >= 0.6 is 0 Å². The van der Waals surface area contributed by atoms with Crippen LogP contribution in [0.1, 0.15) is 17.2 Å². The van der Waals surface area contributed by atoms with Crippen LogP contribution in [0, 0.1) is 0 Å². The number of aliphatic hydroxyl groups is 1. The Morgan fingerprint density at radius 2 is 1.76 bits per heavy atom. The predicted molar refractivity (Wildman–Crippen MR) is 87.0 cm³/mol. The number of benzene rings is 2. The number of aliphatic hydroxyl groups excluding tert-OH is 1. The highest BCUT2D eigenvalue weighted by Crippen LogP contribution is 2.44. The molecule has 4 rings (SSSR count). The molecular formula is C18H14O7. The second-order valence-electron chi connectivity index (χ2n) is 5.93. The fourth-order valence-electron chi connectivity index (χ4n) is 3.08. The van der Waals surface area contributed by atoms with E-state index in [4.69, 9.17) is 9.15 Å². The molecule has 0 saturated heterocycles. The van der Waals surface area contributed by atoms with Gasteiger partial charge in [-0.05, 0) is 23.8 Å². The molecule has 0 spiro atoms. The molecule has 0 unspecified atom stereocenters. The number of rotatable bonds is 1. The van der Waals surface area contributed by atoms with Crippen LogP contribution in [0.25, 0.3) is 11.0 Å². The Kier molecular flexibility index (Phi) is 3.33. The number of ether oxygens (including phenoxy) is 1. The summed E-state index contributed by atoms with van der Waals surface area (Å²) < 4.78 is 11.0. The Hall–Kier alpha value is -3.19. The van der Waals surface area contributed by atoms with Gasteiger partial charge in [0.2, 0.25) is 0 Å². The minimum Gasteiger partial charge on any atom is -0.507 e. The molecule has 1 aliphatic heterocycles. The van der Waals surface area contributed by atoms with Gasteiger partial charge in [0, 0.05) is 24.1 Å². The van der Waals surface area contributed by atoms with Gasteiger partial charge in [0.1, 0.15) is 23.2 Å². The number of fused-ring (bicyclic) bond motifs is 3. The lowest BCUT2D eigenvalue weighted by atomic mass is 9.93. The van der Waals surface area contributed by atoms with Gasteiger partial charge in [-0.25, -0.2) is 4.79 Å². The predicted octanol–water partition coefficient (Wildman–Crippen LogP) is 1.95. The summed E-state index contributed by atoms with van der Waals surface area (Å²) in [6, 6.07) is 8.23. The molecule has 0 fully saturated rings. The third-order valence-electron chi connectivity index (χ3n) is 4.29. The first kappa shape index (κ1) is 15.3. The number of aromatic hydroxyl groups is 3. The van der Waals surface area contributed by atoms with E-state index in [1.54, 1.807) is 0 Å². The van der Waals surface area contributed by atoms with Crippen molar-refractivity contribution in [1.82, 2.24) is 0 Å². The highest BCUT2D eigenvalue weighted by atomic mass is 16.5. The lowest BCUT2D eigenvalue weighted by Gasteiger charge is -2.32. The lowest BCUT2D eigenvalue weighted by Crippen LogP contribution is -2.30. The molecule has 7 nitrogen and oxygen atoms in total. The summed E-state index contributed by atoms with van der Waals surface area (Å²) in [6.45, 7) is 0. The molecule has 2 atom stereocenters. The molecule has 0 amide bonds. The van der Waals surface area contributed by atoms with E-state index < -0.39 is 17.8 Å². The number of phenolic OH excluding ortho intramolecular Hbond substituents is 3. The van der Waals surface area contributed by atoms with Crippen molar-refractivity contribution in [3.63, 3.8) is 0 Å². The topological polar surface area (TPSA) is 120 Å². The molecule has 7 heteroatoms. The molecule has 3 aromatic rings. The van der Waals surface area contributed by atoms with E-state index >= 15 is 0 Å². The summed E-state index contributed by atoms with van der Waals surface area (Å²) in [5, 5.41) is 40.2. The van der Waals surface area contributed by atoms with Crippen molar-refractivity contribution in [2.75, 3.05) is 0 Å². The molecule has 25 heavy (non-hydrogen) atoms. The Morgan fingerprint density at radius 1 is 0.960 bits per heavy atom.